The number of aliphatic hydroxyl groups is 1. The number of benzene rings is 1. The van der Waals surface area contributed by atoms with Crippen LogP contribution < -0.4 is 5.32 Å². The fraction of sp³-hybridized carbons (Fsp3) is 0.600. The molecule has 1 unspecified atom stereocenters. The molecule has 1 aliphatic rings. The molecule has 2 nitrogen and oxygen atoms in total. The van der Waals surface area contributed by atoms with Crippen molar-refractivity contribution in [2.45, 2.75) is 44.6 Å². The highest BCUT2D eigenvalue weighted by atomic mass is 16.3. The predicted octanol–water partition coefficient (Wildman–Crippen LogP) is 2.77. The molecule has 1 fully saturated rings. The van der Waals surface area contributed by atoms with Crippen molar-refractivity contribution in [1.82, 2.24) is 5.32 Å². The van der Waals surface area contributed by atoms with E-state index in [1.165, 1.54) is 24.8 Å². The van der Waals surface area contributed by atoms with Gasteiger partial charge in [0.1, 0.15) is 0 Å². The molecule has 1 aromatic rings. The van der Waals surface area contributed by atoms with Gasteiger partial charge in [0.15, 0.2) is 0 Å². The van der Waals surface area contributed by atoms with Crippen LogP contribution in [0.2, 0.25) is 0 Å². The second-order valence-electron chi connectivity index (χ2n) is 5.31. The lowest BCUT2D eigenvalue weighted by atomic mass is 9.79. The lowest BCUT2D eigenvalue weighted by Crippen LogP contribution is -2.35. The first-order valence-electron chi connectivity index (χ1n) is 6.67. The Morgan fingerprint density at radius 2 is 2.18 bits per heavy atom. The zero-order chi connectivity index (χ0) is 12.3. The third kappa shape index (κ3) is 2.88. The highest BCUT2D eigenvalue weighted by Crippen LogP contribution is 2.37. The molecule has 17 heavy (non-hydrogen) atoms. The third-order valence-electron chi connectivity index (χ3n) is 3.80. The largest absolute Gasteiger partial charge is 0.384 e. The average Bonchev–Trinajstić information content (AvgIpc) is 2.25. The van der Waals surface area contributed by atoms with Crippen molar-refractivity contribution in [2.24, 2.45) is 0 Å². The van der Waals surface area contributed by atoms with Crippen molar-refractivity contribution in [3.63, 3.8) is 0 Å². The summed E-state index contributed by atoms with van der Waals surface area (Å²) in [6, 6.07) is 8.47. The Morgan fingerprint density at radius 1 is 1.41 bits per heavy atom. The summed E-state index contributed by atoms with van der Waals surface area (Å²) >= 11 is 0. The fourth-order valence-corrected chi connectivity index (χ4v) is 2.34. The highest BCUT2D eigenvalue weighted by molar-refractivity contribution is 5.31. The van der Waals surface area contributed by atoms with Crippen LogP contribution in [-0.2, 0) is 5.60 Å². The Kier molecular flexibility index (Phi) is 3.85. The van der Waals surface area contributed by atoms with Crippen LogP contribution >= 0.6 is 0 Å². The minimum atomic E-state index is -0.768. The summed E-state index contributed by atoms with van der Waals surface area (Å²) < 4.78 is 0. The lowest BCUT2D eigenvalue weighted by Gasteiger charge is -2.29. The molecule has 0 saturated heterocycles. The quantitative estimate of drug-likeness (QED) is 0.819. The van der Waals surface area contributed by atoms with Crippen LogP contribution in [0.15, 0.2) is 24.3 Å². The molecule has 0 aliphatic heterocycles. The molecule has 1 aliphatic carbocycles. The third-order valence-corrected chi connectivity index (χ3v) is 3.80. The summed E-state index contributed by atoms with van der Waals surface area (Å²) in [6.45, 7) is 5.44. The number of likely N-dealkylation sites (N-methyl/N-ethyl adjacent to an activating group) is 1. The molecule has 0 spiro atoms. The second-order valence-corrected chi connectivity index (χ2v) is 5.31. The molecular formula is C15H23NO. The van der Waals surface area contributed by atoms with Gasteiger partial charge in [-0.3, -0.25) is 0 Å². The smallest absolute Gasteiger partial charge is 0.0992 e. The summed E-state index contributed by atoms with van der Waals surface area (Å²) in [7, 11) is 0. The summed E-state index contributed by atoms with van der Waals surface area (Å²) in [6.07, 6.45) is 3.96. The molecule has 0 radical (unpaired) electrons. The highest BCUT2D eigenvalue weighted by Gasteiger charge is 2.25. The van der Waals surface area contributed by atoms with Gasteiger partial charge in [-0.1, -0.05) is 37.6 Å². The van der Waals surface area contributed by atoms with Crippen LogP contribution in [0.1, 0.15) is 50.2 Å². The molecule has 1 atom stereocenters. The van der Waals surface area contributed by atoms with E-state index in [1.807, 2.05) is 13.0 Å². The van der Waals surface area contributed by atoms with E-state index in [2.05, 4.69) is 30.4 Å². The SMILES string of the molecule is CCNCC(C)(O)c1cccc(C2CCC2)c1. The van der Waals surface area contributed by atoms with Crippen LogP contribution in [0.25, 0.3) is 0 Å². The Bertz CT molecular complexity index is 369. The predicted molar refractivity (Wildman–Crippen MR) is 71.1 cm³/mol. The first kappa shape index (κ1) is 12.6. The Morgan fingerprint density at radius 3 is 2.76 bits per heavy atom. The molecule has 0 heterocycles. The van der Waals surface area contributed by atoms with Crippen molar-refractivity contribution >= 4 is 0 Å². The summed E-state index contributed by atoms with van der Waals surface area (Å²) in [5.74, 6) is 0.727. The molecule has 0 bridgehead atoms. The summed E-state index contributed by atoms with van der Waals surface area (Å²) in [5, 5.41) is 13.7. The topological polar surface area (TPSA) is 32.3 Å². The van der Waals surface area contributed by atoms with Crippen LogP contribution in [0.3, 0.4) is 0 Å². The minimum Gasteiger partial charge on any atom is -0.384 e. The normalized spacial score (nSPS) is 19.7. The zero-order valence-corrected chi connectivity index (χ0v) is 10.9. The van der Waals surface area contributed by atoms with Crippen LogP contribution in [0.5, 0.6) is 0 Å². The van der Waals surface area contributed by atoms with Gasteiger partial charge in [0, 0.05) is 6.54 Å². The van der Waals surface area contributed by atoms with Crippen molar-refractivity contribution in [3.8, 4) is 0 Å². The summed E-state index contributed by atoms with van der Waals surface area (Å²) in [4.78, 5) is 0. The molecule has 94 valence electrons. The molecule has 0 amide bonds. The maximum atomic E-state index is 10.5. The van der Waals surface area contributed by atoms with Crippen LogP contribution in [0.4, 0.5) is 0 Å². The van der Waals surface area contributed by atoms with E-state index in [1.54, 1.807) is 0 Å². The zero-order valence-electron chi connectivity index (χ0n) is 10.9. The minimum absolute atomic E-state index is 0.609. The van der Waals surface area contributed by atoms with Crippen LogP contribution in [0, 0.1) is 0 Å². The van der Waals surface area contributed by atoms with E-state index in [9.17, 15) is 5.11 Å². The fourth-order valence-electron chi connectivity index (χ4n) is 2.34. The lowest BCUT2D eigenvalue weighted by molar-refractivity contribution is 0.0575. The van der Waals surface area contributed by atoms with Gasteiger partial charge >= 0.3 is 0 Å². The van der Waals surface area contributed by atoms with E-state index in [0.717, 1.165) is 18.0 Å². The maximum Gasteiger partial charge on any atom is 0.0992 e. The maximum absolute atomic E-state index is 10.5. The van der Waals surface area contributed by atoms with Crippen molar-refractivity contribution in [2.75, 3.05) is 13.1 Å². The first-order chi connectivity index (χ1) is 8.13. The first-order valence-corrected chi connectivity index (χ1v) is 6.67. The van der Waals surface area contributed by atoms with E-state index in [0.29, 0.717) is 6.54 Å². The average molecular weight is 233 g/mol. The second kappa shape index (κ2) is 5.19. The Labute approximate surface area is 104 Å². The van der Waals surface area contributed by atoms with Crippen molar-refractivity contribution in [1.29, 1.82) is 0 Å². The molecule has 0 aromatic heterocycles. The standard InChI is InChI=1S/C15H23NO/c1-3-16-11-15(2,17)14-9-5-8-13(10-14)12-6-4-7-12/h5,8-10,12,16-17H,3-4,6-7,11H2,1-2H3. The van der Waals surface area contributed by atoms with E-state index in [4.69, 9.17) is 0 Å². The molecule has 2 heteroatoms. The van der Waals surface area contributed by atoms with Gasteiger partial charge in [0.05, 0.1) is 5.60 Å². The van der Waals surface area contributed by atoms with E-state index < -0.39 is 5.60 Å². The van der Waals surface area contributed by atoms with Gasteiger partial charge in [-0.2, -0.15) is 0 Å². The number of hydrogen-bond donors (Lipinski definition) is 2. The molecule has 1 saturated carbocycles. The van der Waals surface area contributed by atoms with Gasteiger partial charge in [-0.25, -0.2) is 0 Å². The van der Waals surface area contributed by atoms with Gasteiger partial charge in [0.2, 0.25) is 0 Å². The van der Waals surface area contributed by atoms with Crippen LogP contribution in [-0.4, -0.2) is 18.2 Å². The summed E-state index contributed by atoms with van der Waals surface area (Å²) in [5.41, 5.74) is 1.66. The molecular weight excluding hydrogens is 210 g/mol. The number of rotatable bonds is 5. The monoisotopic (exact) mass is 233 g/mol. The van der Waals surface area contributed by atoms with Gasteiger partial charge in [0.25, 0.3) is 0 Å². The Balaban J connectivity index is 2.13. The van der Waals surface area contributed by atoms with E-state index in [-0.39, 0.29) is 0 Å². The molecule has 2 N–H and O–H groups in total. The number of nitrogens with one attached hydrogen (secondary N) is 1. The molecule has 2 rings (SSSR count). The van der Waals surface area contributed by atoms with Gasteiger partial charge < -0.3 is 10.4 Å². The van der Waals surface area contributed by atoms with Crippen molar-refractivity contribution < 1.29 is 5.11 Å². The van der Waals surface area contributed by atoms with Gasteiger partial charge in [-0.05, 0) is 43.4 Å². The number of hydrogen-bond acceptors (Lipinski definition) is 2. The van der Waals surface area contributed by atoms with Crippen molar-refractivity contribution in [3.05, 3.63) is 35.4 Å². The molecule has 1 aromatic carbocycles. The van der Waals surface area contributed by atoms with Gasteiger partial charge in [-0.15, -0.1) is 0 Å². The van der Waals surface area contributed by atoms with E-state index >= 15 is 0 Å². The Hall–Kier alpha value is -0.860.